The van der Waals surface area contributed by atoms with Crippen LogP contribution in [0, 0.1) is 25.1 Å². The molecule has 0 amide bonds. The normalized spacial score (nSPS) is 9.21. The molecule has 0 N–H and O–H groups in total. The molecule has 0 unspecified atom stereocenters. The van der Waals surface area contributed by atoms with Crippen LogP contribution in [0.25, 0.3) is 6.08 Å². The first kappa shape index (κ1) is 10.2. The van der Waals surface area contributed by atoms with Gasteiger partial charge < -0.3 is 0 Å². The Morgan fingerprint density at radius 1 is 1.71 bits per heavy atom. The molecule has 1 aromatic rings. The summed E-state index contributed by atoms with van der Waals surface area (Å²) in [7, 11) is 0. The van der Waals surface area contributed by atoms with Crippen molar-refractivity contribution in [1.82, 2.24) is 0 Å². The molecule has 0 spiro atoms. The molecule has 0 bridgehead atoms. The summed E-state index contributed by atoms with van der Waals surface area (Å²) in [5, 5.41) is 0. The first-order chi connectivity index (χ1) is 6.60. The van der Waals surface area contributed by atoms with Crippen molar-refractivity contribution in [2.45, 2.75) is 6.92 Å². The summed E-state index contributed by atoms with van der Waals surface area (Å²) in [6.07, 6.45) is 6.35. The van der Waals surface area contributed by atoms with E-state index >= 15 is 0 Å². The maximum absolute atomic E-state index is 13.4. The number of halogens is 1. The lowest BCUT2D eigenvalue weighted by molar-refractivity contribution is 0.105. The minimum absolute atomic E-state index is 0. The topological polar surface area (TPSA) is 17.1 Å². The summed E-state index contributed by atoms with van der Waals surface area (Å²) >= 11 is 0. The van der Waals surface area contributed by atoms with Crippen LogP contribution >= 0.6 is 0 Å². The average molecular weight is 190 g/mol. The van der Waals surface area contributed by atoms with Gasteiger partial charge in [-0.1, -0.05) is 18.7 Å². The van der Waals surface area contributed by atoms with Gasteiger partial charge in [0.2, 0.25) is 5.78 Å². The largest absolute Gasteiger partial charge is 0.279 e. The number of ketones is 1. The van der Waals surface area contributed by atoms with Crippen LogP contribution in [0.2, 0.25) is 0 Å². The lowest BCUT2D eigenvalue weighted by atomic mass is 10.0. The van der Waals surface area contributed by atoms with Gasteiger partial charge in [-0.05, 0) is 30.0 Å². The minimum Gasteiger partial charge on any atom is -0.279 e. The molecule has 0 aromatic heterocycles. The summed E-state index contributed by atoms with van der Waals surface area (Å²) in [5.74, 6) is 0.640. The van der Waals surface area contributed by atoms with E-state index in [2.05, 4.69) is 6.58 Å². The van der Waals surface area contributed by atoms with Crippen molar-refractivity contribution in [2.24, 2.45) is 0 Å². The fourth-order valence-electron chi connectivity index (χ4n) is 1.24. The molecule has 2 heteroatoms. The molecule has 1 rings (SSSR count). The van der Waals surface area contributed by atoms with Gasteiger partial charge in [0.05, 0.1) is 5.56 Å². The Balaban J connectivity index is 0.00000196. The van der Waals surface area contributed by atoms with Gasteiger partial charge in [0.25, 0.3) is 0 Å². The van der Waals surface area contributed by atoms with Crippen molar-refractivity contribution in [2.75, 3.05) is 0 Å². The summed E-state index contributed by atoms with van der Waals surface area (Å²) in [6.45, 7) is 5.24. The summed E-state index contributed by atoms with van der Waals surface area (Å²) in [4.78, 5) is 11.2. The van der Waals surface area contributed by atoms with Gasteiger partial charge in [0.15, 0.2) is 0 Å². The molecule has 0 heterocycles. The zero-order valence-corrected chi connectivity index (χ0v) is 7.80. The molecule has 1 aromatic carbocycles. The molecule has 0 aliphatic carbocycles. The van der Waals surface area contributed by atoms with E-state index in [0.29, 0.717) is 5.56 Å². The van der Waals surface area contributed by atoms with Crippen LogP contribution in [0.5, 0.6) is 0 Å². The Kier molecular flexibility index (Phi) is 2.83. The first-order valence-electron chi connectivity index (χ1n) is 4.03. The number of hydrogen-bond donors (Lipinski definition) is 0. The molecule has 0 saturated heterocycles. The molecule has 1 nitrogen and oxygen atoms in total. The molecule has 72 valence electrons. The van der Waals surface area contributed by atoms with Gasteiger partial charge in [-0.2, -0.15) is 0 Å². The lowest BCUT2D eigenvalue weighted by Gasteiger charge is -2.04. The van der Waals surface area contributed by atoms with E-state index in [1.165, 1.54) is 12.1 Å². The fourth-order valence-corrected chi connectivity index (χ4v) is 1.24. The highest BCUT2D eigenvalue weighted by molar-refractivity contribution is 6.10. The van der Waals surface area contributed by atoms with E-state index < -0.39 is 11.6 Å². The highest BCUT2D eigenvalue weighted by Crippen LogP contribution is 2.17. The zero-order valence-electron chi connectivity index (χ0n) is 7.80. The third-order valence-electron chi connectivity index (χ3n) is 1.84. The molecule has 0 fully saturated rings. The average Bonchev–Trinajstić information content (AvgIpc) is 2.15. The van der Waals surface area contributed by atoms with E-state index in [9.17, 15) is 9.18 Å². The second-order valence-electron chi connectivity index (χ2n) is 2.89. The number of carbonyl (C=O) groups excluding carboxylic acids is 1. The van der Waals surface area contributed by atoms with Crippen molar-refractivity contribution in [3.05, 3.63) is 41.2 Å². The van der Waals surface area contributed by atoms with Gasteiger partial charge in [-0.3, -0.25) is 4.79 Å². The number of hydrogen-bond acceptors (Lipinski definition) is 1. The molecule has 0 saturated carbocycles. The lowest BCUT2D eigenvalue weighted by Crippen LogP contribution is -2.03. The summed E-state index contributed by atoms with van der Waals surface area (Å²) in [6, 6.07) is 2.94. The number of rotatable bonds is 2. The predicted molar refractivity (Wildman–Crippen MR) is 56.5 cm³/mol. The van der Waals surface area contributed by atoms with E-state index in [-0.39, 0.29) is 6.99 Å². The highest BCUT2D eigenvalue weighted by Gasteiger charge is 2.13. The number of carbonyl (C=O) groups is 1. The third kappa shape index (κ3) is 1.72. The number of benzene rings is 1. The molecule has 0 aliphatic heterocycles. The number of terminal acetylenes is 1. The maximum atomic E-state index is 13.4. The molecule has 0 radical (unpaired) electrons. The van der Waals surface area contributed by atoms with E-state index in [0.717, 1.165) is 5.56 Å². The first-order valence-corrected chi connectivity index (χ1v) is 4.03. The zero-order chi connectivity index (χ0) is 10.7. The maximum Gasteiger partial charge on any atom is 0.239 e. The number of Topliss-reactive ketones (excluding diaryl/α,β-unsaturated/α-hetero) is 1. The molecular weight excluding hydrogens is 179 g/mol. The summed E-state index contributed by atoms with van der Waals surface area (Å²) in [5.41, 5.74) is 1.09. The van der Waals surface area contributed by atoms with Crippen molar-refractivity contribution in [3.63, 3.8) is 0 Å². The van der Waals surface area contributed by atoms with Crippen LogP contribution < -0.4 is 0 Å². The van der Waals surface area contributed by atoms with Crippen LogP contribution in [0.3, 0.4) is 0 Å². The van der Waals surface area contributed by atoms with Gasteiger partial charge in [-0.25, -0.2) is 4.39 Å². The van der Waals surface area contributed by atoms with E-state index in [1.54, 1.807) is 13.0 Å². The van der Waals surface area contributed by atoms with Gasteiger partial charge >= 0.3 is 0 Å². The second-order valence-corrected chi connectivity index (χ2v) is 2.89. The van der Waals surface area contributed by atoms with Crippen molar-refractivity contribution < 1.29 is 10.6 Å². The van der Waals surface area contributed by atoms with Crippen LogP contribution in [0.1, 0.15) is 22.9 Å². The van der Waals surface area contributed by atoms with Crippen molar-refractivity contribution in [3.8, 4) is 12.3 Å². The quantitative estimate of drug-likeness (QED) is 0.398. The predicted octanol–water partition coefficient (Wildman–Crippen LogP) is 2.84. The molecule has 0 atom stereocenters. The third-order valence-corrected chi connectivity index (χ3v) is 1.84. The van der Waals surface area contributed by atoms with Gasteiger partial charge in [0.1, 0.15) is 5.82 Å². The smallest absolute Gasteiger partial charge is 0.239 e. The van der Waals surface area contributed by atoms with Crippen LogP contribution in [0.15, 0.2) is 18.7 Å². The van der Waals surface area contributed by atoms with Gasteiger partial charge in [-0.15, -0.1) is 6.42 Å². The van der Waals surface area contributed by atoms with Crippen LogP contribution in [-0.2, 0) is 0 Å². The standard InChI is InChI=1S/C12H9FO.H2/c1-4-9-6-8(3)7-10(13)12(9)11(14)5-2;/h2,4,6-7H,1H2,3H3;1H. The van der Waals surface area contributed by atoms with E-state index in [1.807, 2.05) is 5.92 Å². The monoisotopic (exact) mass is 190 g/mol. The van der Waals surface area contributed by atoms with Crippen molar-refractivity contribution in [1.29, 1.82) is 0 Å². The molecular formula is C12H11FO. The minimum atomic E-state index is -0.655. The van der Waals surface area contributed by atoms with Crippen LogP contribution in [0.4, 0.5) is 4.39 Å². The Bertz CT molecular complexity index is 444. The second kappa shape index (κ2) is 3.89. The number of aryl methyl sites for hydroxylation is 1. The SMILES string of the molecule is C#CC(=O)c1c(F)cc(C)cc1C=C.[HH]. The Morgan fingerprint density at radius 3 is 2.86 bits per heavy atom. The van der Waals surface area contributed by atoms with Crippen LogP contribution in [-0.4, -0.2) is 5.78 Å². The fraction of sp³-hybridized carbons (Fsp3) is 0.0833. The Morgan fingerprint density at radius 2 is 2.36 bits per heavy atom. The van der Waals surface area contributed by atoms with Gasteiger partial charge in [0, 0.05) is 1.43 Å². The summed E-state index contributed by atoms with van der Waals surface area (Å²) < 4.78 is 13.4. The molecule has 0 aliphatic rings. The van der Waals surface area contributed by atoms with Crippen molar-refractivity contribution >= 4 is 11.9 Å². The highest BCUT2D eigenvalue weighted by atomic mass is 19.1. The molecule has 14 heavy (non-hydrogen) atoms. The Hall–Kier alpha value is -1.88. The Labute approximate surface area is 83.7 Å². The van der Waals surface area contributed by atoms with E-state index in [4.69, 9.17) is 6.42 Å².